The number of hydrogen-bond acceptors (Lipinski definition) is 6. The van der Waals surface area contributed by atoms with Gasteiger partial charge in [-0.1, -0.05) is 13.3 Å². The first kappa shape index (κ1) is 15.3. The first-order valence-electron chi connectivity index (χ1n) is 8.40. The van der Waals surface area contributed by atoms with Crippen molar-refractivity contribution >= 4 is 5.91 Å². The number of amides is 1. The Labute approximate surface area is 139 Å². The number of H-pyrrole nitrogens is 1. The van der Waals surface area contributed by atoms with Gasteiger partial charge in [-0.15, -0.1) is 15.3 Å². The number of fused-ring (bicyclic) bond motifs is 1. The lowest BCUT2D eigenvalue weighted by Gasteiger charge is -2.40. The molecule has 3 heterocycles. The Morgan fingerprint density at radius 2 is 2.21 bits per heavy atom. The Morgan fingerprint density at radius 3 is 2.96 bits per heavy atom. The van der Waals surface area contributed by atoms with Crippen LogP contribution in [0.3, 0.4) is 0 Å². The topological polar surface area (TPSA) is 113 Å². The average molecular weight is 331 g/mol. The number of carbonyl (C=O) groups is 1. The van der Waals surface area contributed by atoms with Crippen LogP contribution in [0.15, 0.2) is 12.7 Å². The standard InChI is InChI=1S/C15H21N7O2/c1-2-15(24)5-3-4-10-6-21(7-11(10)15)13(23)12-18-14(20-19-12)22-8-16-17-9-22/h8-11,24H,2-7H2,1H3,(H,18,19,20)/t10-,11+,15-/m0/s1. The summed E-state index contributed by atoms with van der Waals surface area (Å²) in [4.78, 5) is 18.8. The molecule has 0 aromatic carbocycles. The van der Waals surface area contributed by atoms with Gasteiger partial charge in [0.05, 0.1) is 5.60 Å². The van der Waals surface area contributed by atoms with Crippen LogP contribution in [0.1, 0.15) is 43.2 Å². The van der Waals surface area contributed by atoms with E-state index >= 15 is 0 Å². The molecule has 1 aliphatic carbocycles. The van der Waals surface area contributed by atoms with Crippen molar-refractivity contribution in [1.82, 2.24) is 34.8 Å². The van der Waals surface area contributed by atoms with Crippen molar-refractivity contribution in [2.24, 2.45) is 11.8 Å². The third-order valence-electron chi connectivity index (χ3n) is 5.54. The van der Waals surface area contributed by atoms with Crippen molar-refractivity contribution in [3.63, 3.8) is 0 Å². The molecule has 0 unspecified atom stereocenters. The van der Waals surface area contributed by atoms with Crippen LogP contribution in [0.4, 0.5) is 0 Å². The number of nitrogens with one attached hydrogen (secondary N) is 1. The number of nitrogens with zero attached hydrogens (tertiary/aromatic N) is 6. The molecule has 24 heavy (non-hydrogen) atoms. The van der Waals surface area contributed by atoms with Crippen molar-refractivity contribution < 1.29 is 9.90 Å². The summed E-state index contributed by atoms with van der Waals surface area (Å²) in [6.45, 7) is 3.28. The van der Waals surface area contributed by atoms with Crippen LogP contribution in [-0.2, 0) is 0 Å². The SMILES string of the molecule is CC[C@]1(O)CCC[C@H]2CN(C(=O)c3nc(-n4cnnc4)n[nH]3)C[C@H]21. The predicted molar refractivity (Wildman–Crippen MR) is 83.3 cm³/mol. The second-order valence-corrected chi connectivity index (χ2v) is 6.78. The molecule has 9 nitrogen and oxygen atoms in total. The van der Waals surface area contributed by atoms with E-state index in [2.05, 4.69) is 25.4 Å². The molecule has 0 radical (unpaired) electrons. The summed E-state index contributed by atoms with van der Waals surface area (Å²) < 4.78 is 1.53. The van der Waals surface area contributed by atoms with Crippen molar-refractivity contribution in [3.8, 4) is 5.95 Å². The molecular weight excluding hydrogens is 310 g/mol. The molecule has 0 bridgehead atoms. The summed E-state index contributed by atoms with van der Waals surface area (Å²) in [6, 6.07) is 0. The fraction of sp³-hybridized carbons (Fsp3) is 0.667. The number of likely N-dealkylation sites (tertiary alicyclic amines) is 1. The van der Waals surface area contributed by atoms with Crippen LogP contribution in [0.5, 0.6) is 0 Å². The lowest BCUT2D eigenvalue weighted by Crippen LogP contribution is -2.44. The predicted octanol–water partition coefficient (Wildman–Crippen LogP) is 0.399. The van der Waals surface area contributed by atoms with Gasteiger partial charge < -0.3 is 10.0 Å². The van der Waals surface area contributed by atoms with E-state index in [1.807, 2.05) is 6.92 Å². The first-order chi connectivity index (χ1) is 11.6. The van der Waals surface area contributed by atoms with Gasteiger partial charge in [0.15, 0.2) is 0 Å². The Balaban J connectivity index is 1.52. The van der Waals surface area contributed by atoms with Crippen molar-refractivity contribution in [3.05, 3.63) is 18.5 Å². The molecule has 2 aliphatic rings. The highest BCUT2D eigenvalue weighted by Crippen LogP contribution is 2.44. The fourth-order valence-corrected chi connectivity index (χ4v) is 4.15. The Hall–Kier alpha value is -2.29. The largest absolute Gasteiger partial charge is 0.390 e. The first-order valence-corrected chi connectivity index (χ1v) is 8.40. The summed E-state index contributed by atoms with van der Waals surface area (Å²) >= 11 is 0. The average Bonchev–Trinajstić information content (AvgIpc) is 3.32. The lowest BCUT2D eigenvalue weighted by atomic mass is 9.69. The van der Waals surface area contributed by atoms with E-state index in [1.54, 1.807) is 4.90 Å². The van der Waals surface area contributed by atoms with Gasteiger partial charge in [0, 0.05) is 19.0 Å². The molecule has 1 aliphatic heterocycles. The van der Waals surface area contributed by atoms with Crippen LogP contribution in [0.25, 0.3) is 5.95 Å². The van der Waals surface area contributed by atoms with Crippen LogP contribution >= 0.6 is 0 Å². The highest BCUT2D eigenvalue weighted by atomic mass is 16.3. The molecule has 1 saturated heterocycles. The van der Waals surface area contributed by atoms with Crippen LogP contribution in [-0.4, -0.2) is 64.5 Å². The molecule has 1 saturated carbocycles. The lowest BCUT2D eigenvalue weighted by molar-refractivity contribution is -0.0609. The van der Waals surface area contributed by atoms with Crippen LogP contribution in [0.2, 0.25) is 0 Å². The van der Waals surface area contributed by atoms with Gasteiger partial charge in [0.1, 0.15) is 12.7 Å². The zero-order chi connectivity index (χ0) is 16.7. The fourth-order valence-electron chi connectivity index (χ4n) is 4.15. The van der Waals surface area contributed by atoms with Gasteiger partial charge >= 0.3 is 0 Å². The van der Waals surface area contributed by atoms with E-state index in [1.165, 1.54) is 17.2 Å². The summed E-state index contributed by atoms with van der Waals surface area (Å²) in [7, 11) is 0. The van der Waals surface area contributed by atoms with Gasteiger partial charge in [-0.2, -0.15) is 4.98 Å². The van der Waals surface area contributed by atoms with Gasteiger partial charge in [0.25, 0.3) is 11.9 Å². The van der Waals surface area contributed by atoms with E-state index in [9.17, 15) is 9.90 Å². The monoisotopic (exact) mass is 331 g/mol. The molecule has 0 spiro atoms. The maximum atomic E-state index is 12.7. The van der Waals surface area contributed by atoms with E-state index < -0.39 is 5.60 Å². The Bertz CT molecular complexity index is 728. The molecule has 9 heteroatoms. The minimum Gasteiger partial charge on any atom is -0.390 e. The summed E-state index contributed by atoms with van der Waals surface area (Å²) in [6.07, 6.45) is 6.60. The third kappa shape index (κ3) is 2.39. The van der Waals surface area contributed by atoms with Crippen molar-refractivity contribution in [2.75, 3.05) is 13.1 Å². The second-order valence-electron chi connectivity index (χ2n) is 6.78. The molecule has 2 aromatic heterocycles. The van der Waals surface area contributed by atoms with Gasteiger partial charge in [-0.3, -0.25) is 14.5 Å². The molecule has 128 valence electrons. The minimum atomic E-state index is -0.646. The normalized spacial score (nSPS) is 29.7. The van der Waals surface area contributed by atoms with Crippen LogP contribution < -0.4 is 0 Å². The minimum absolute atomic E-state index is 0.153. The third-order valence-corrected chi connectivity index (χ3v) is 5.54. The molecule has 1 amide bonds. The maximum Gasteiger partial charge on any atom is 0.291 e. The Kier molecular flexibility index (Phi) is 3.60. The number of rotatable bonds is 3. The quantitative estimate of drug-likeness (QED) is 0.842. The van der Waals surface area contributed by atoms with E-state index in [-0.39, 0.29) is 17.6 Å². The number of aromatic nitrogens is 6. The van der Waals surface area contributed by atoms with Gasteiger partial charge in [0.2, 0.25) is 5.82 Å². The smallest absolute Gasteiger partial charge is 0.291 e. The highest BCUT2D eigenvalue weighted by Gasteiger charge is 2.49. The molecule has 3 atom stereocenters. The molecule has 2 aromatic rings. The van der Waals surface area contributed by atoms with Gasteiger partial charge in [-0.25, -0.2) is 0 Å². The van der Waals surface area contributed by atoms with E-state index in [0.29, 0.717) is 25.0 Å². The number of carbonyl (C=O) groups excluding carboxylic acids is 1. The zero-order valence-corrected chi connectivity index (χ0v) is 13.6. The Morgan fingerprint density at radius 1 is 1.42 bits per heavy atom. The molecule has 4 rings (SSSR count). The zero-order valence-electron chi connectivity index (χ0n) is 13.6. The highest BCUT2D eigenvalue weighted by molar-refractivity contribution is 5.90. The maximum absolute atomic E-state index is 12.7. The number of aliphatic hydroxyl groups is 1. The summed E-state index contributed by atoms with van der Waals surface area (Å²) in [5, 5.41) is 25.0. The molecule has 2 fully saturated rings. The van der Waals surface area contributed by atoms with E-state index in [0.717, 1.165) is 25.7 Å². The number of aromatic amines is 1. The van der Waals surface area contributed by atoms with Crippen LogP contribution in [0, 0.1) is 11.8 Å². The second kappa shape index (κ2) is 5.66. The number of hydrogen-bond donors (Lipinski definition) is 2. The summed E-state index contributed by atoms with van der Waals surface area (Å²) in [5.41, 5.74) is -0.646. The molecular formula is C15H21N7O2. The van der Waals surface area contributed by atoms with Gasteiger partial charge in [-0.05, 0) is 25.2 Å². The molecule has 2 N–H and O–H groups in total. The van der Waals surface area contributed by atoms with E-state index in [4.69, 9.17) is 0 Å². The summed E-state index contributed by atoms with van der Waals surface area (Å²) in [5.74, 6) is 0.894. The van der Waals surface area contributed by atoms with Crippen molar-refractivity contribution in [2.45, 2.75) is 38.2 Å². The van der Waals surface area contributed by atoms with Crippen molar-refractivity contribution in [1.29, 1.82) is 0 Å².